The van der Waals surface area contributed by atoms with Crippen LogP contribution in [0, 0.1) is 5.92 Å². The van der Waals surface area contributed by atoms with E-state index in [1.54, 1.807) is 30.2 Å². The van der Waals surface area contributed by atoms with Crippen molar-refractivity contribution in [3.63, 3.8) is 0 Å². The second-order valence-electron chi connectivity index (χ2n) is 5.82. The Morgan fingerprint density at radius 1 is 1.62 bits per heavy atom. The fraction of sp³-hybridized carbons (Fsp3) is 0.600. The van der Waals surface area contributed by atoms with Crippen LogP contribution in [0.4, 0.5) is 0 Å². The van der Waals surface area contributed by atoms with Crippen molar-refractivity contribution in [1.29, 1.82) is 0 Å². The first-order valence-electron chi connectivity index (χ1n) is 7.21. The zero-order valence-corrected chi connectivity index (χ0v) is 12.5. The second-order valence-corrected chi connectivity index (χ2v) is 5.82. The summed E-state index contributed by atoms with van der Waals surface area (Å²) in [6, 6.07) is 3.58. The van der Waals surface area contributed by atoms with Crippen molar-refractivity contribution < 1.29 is 19.1 Å². The third kappa shape index (κ3) is 4.07. The number of nitrogens with one attached hydrogen (secondary N) is 1. The summed E-state index contributed by atoms with van der Waals surface area (Å²) in [4.78, 5) is 25.6. The van der Waals surface area contributed by atoms with Crippen molar-refractivity contribution in [1.82, 2.24) is 10.2 Å². The molecule has 2 heterocycles. The molecule has 21 heavy (non-hydrogen) atoms. The number of rotatable bonds is 6. The lowest BCUT2D eigenvalue weighted by Gasteiger charge is -2.22. The first-order chi connectivity index (χ1) is 9.91. The minimum absolute atomic E-state index is 0.0474. The molecule has 116 valence electrons. The van der Waals surface area contributed by atoms with Gasteiger partial charge < -0.3 is 19.7 Å². The summed E-state index contributed by atoms with van der Waals surface area (Å²) in [5.41, 5.74) is -0.911. The Balaban J connectivity index is 1.85. The van der Waals surface area contributed by atoms with Gasteiger partial charge in [0.2, 0.25) is 11.8 Å². The zero-order valence-electron chi connectivity index (χ0n) is 12.5. The topological polar surface area (TPSA) is 82.8 Å². The molecule has 6 heteroatoms. The van der Waals surface area contributed by atoms with Gasteiger partial charge >= 0.3 is 0 Å². The SMILES string of the molecule is CCC(C)(O)CNC(=O)C1CC(=O)N(Cc2ccco2)C1. The molecule has 1 aromatic rings. The largest absolute Gasteiger partial charge is 0.467 e. The van der Waals surface area contributed by atoms with Crippen molar-refractivity contribution in [2.45, 2.75) is 38.8 Å². The van der Waals surface area contributed by atoms with E-state index >= 15 is 0 Å². The maximum atomic E-state index is 12.1. The standard InChI is InChI=1S/C15H22N2O4/c1-3-15(2,20)10-16-14(19)11-7-13(18)17(8-11)9-12-5-4-6-21-12/h4-6,11,20H,3,7-10H2,1-2H3,(H,16,19). The number of carbonyl (C=O) groups excluding carboxylic acids is 2. The van der Waals surface area contributed by atoms with Gasteiger partial charge in [0.25, 0.3) is 0 Å². The van der Waals surface area contributed by atoms with E-state index in [-0.39, 0.29) is 30.7 Å². The van der Waals surface area contributed by atoms with Crippen LogP contribution in [0.2, 0.25) is 0 Å². The van der Waals surface area contributed by atoms with E-state index in [9.17, 15) is 14.7 Å². The summed E-state index contributed by atoms with van der Waals surface area (Å²) in [5, 5.41) is 12.6. The molecule has 0 saturated carbocycles. The molecular weight excluding hydrogens is 272 g/mol. The van der Waals surface area contributed by atoms with Crippen LogP contribution in [0.15, 0.2) is 22.8 Å². The molecule has 1 aliphatic rings. The summed E-state index contributed by atoms with van der Waals surface area (Å²) in [6.07, 6.45) is 2.33. The van der Waals surface area contributed by atoms with E-state index in [0.29, 0.717) is 25.3 Å². The first-order valence-corrected chi connectivity index (χ1v) is 7.21. The number of furan rings is 1. The quantitative estimate of drug-likeness (QED) is 0.817. The Hall–Kier alpha value is -1.82. The molecule has 0 aromatic carbocycles. The fourth-order valence-electron chi connectivity index (χ4n) is 2.24. The normalized spacial score (nSPS) is 21.4. The average Bonchev–Trinajstić information content (AvgIpc) is 3.07. The lowest BCUT2D eigenvalue weighted by molar-refractivity contribution is -0.129. The number of hydrogen-bond donors (Lipinski definition) is 2. The Bertz CT molecular complexity index is 496. The van der Waals surface area contributed by atoms with Crippen LogP contribution in [0.25, 0.3) is 0 Å². The summed E-state index contributed by atoms with van der Waals surface area (Å²) in [7, 11) is 0. The Kier molecular flexibility index (Phi) is 4.67. The highest BCUT2D eigenvalue weighted by atomic mass is 16.3. The van der Waals surface area contributed by atoms with Crippen molar-refractivity contribution in [2.75, 3.05) is 13.1 Å². The minimum atomic E-state index is -0.911. The molecule has 0 spiro atoms. The molecule has 6 nitrogen and oxygen atoms in total. The molecule has 0 bridgehead atoms. The van der Waals surface area contributed by atoms with Gasteiger partial charge in [-0.05, 0) is 25.5 Å². The minimum Gasteiger partial charge on any atom is -0.467 e. The number of aliphatic hydroxyl groups is 1. The van der Waals surface area contributed by atoms with E-state index in [1.807, 2.05) is 6.92 Å². The monoisotopic (exact) mass is 294 g/mol. The maximum absolute atomic E-state index is 12.1. The highest BCUT2D eigenvalue weighted by Crippen LogP contribution is 2.20. The zero-order chi connectivity index (χ0) is 15.5. The van der Waals surface area contributed by atoms with Gasteiger partial charge in [0.15, 0.2) is 0 Å². The van der Waals surface area contributed by atoms with Crippen molar-refractivity contribution in [3.05, 3.63) is 24.2 Å². The van der Waals surface area contributed by atoms with Gasteiger partial charge in [0.1, 0.15) is 5.76 Å². The second kappa shape index (κ2) is 6.30. The number of likely N-dealkylation sites (tertiary alicyclic amines) is 1. The van der Waals surface area contributed by atoms with Crippen LogP contribution >= 0.6 is 0 Å². The molecule has 2 unspecified atom stereocenters. The predicted molar refractivity (Wildman–Crippen MR) is 76.2 cm³/mol. The highest BCUT2D eigenvalue weighted by Gasteiger charge is 2.35. The third-order valence-electron chi connectivity index (χ3n) is 3.92. The molecule has 2 rings (SSSR count). The summed E-state index contributed by atoms with van der Waals surface area (Å²) < 4.78 is 5.22. The van der Waals surface area contributed by atoms with E-state index < -0.39 is 5.60 Å². The van der Waals surface area contributed by atoms with Crippen LogP contribution in [-0.4, -0.2) is 40.5 Å². The number of hydrogen-bond acceptors (Lipinski definition) is 4. The molecule has 0 aliphatic carbocycles. The average molecular weight is 294 g/mol. The number of amides is 2. The van der Waals surface area contributed by atoms with Gasteiger partial charge in [-0.25, -0.2) is 0 Å². The molecule has 1 saturated heterocycles. The van der Waals surface area contributed by atoms with Crippen LogP contribution in [0.1, 0.15) is 32.4 Å². The lowest BCUT2D eigenvalue weighted by atomic mass is 10.0. The number of carbonyl (C=O) groups is 2. The van der Waals surface area contributed by atoms with Crippen molar-refractivity contribution in [2.24, 2.45) is 5.92 Å². The molecule has 1 aliphatic heterocycles. The Morgan fingerprint density at radius 2 is 2.38 bits per heavy atom. The molecule has 2 atom stereocenters. The molecule has 2 N–H and O–H groups in total. The summed E-state index contributed by atoms with van der Waals surface area (Å²) in [6.45, 7) is 4.51. The van der Waals surface area contributed by atoms with Gasteiger partial charge in [-0.15, -0.1) is 0 Å². The predicted octanol–water partition coefficient (Wildman–Crippen LogP) is 0.905. The van der Waals surface area contributed by atoms with Crippen molar-refractivity contribution >= 4 is 11.8 Å². The highest BCUT2D eigenvalue weighted by molar-refractivity contribution is 5.89. The maximum Gasteiger partial charge on any atom is 0.225 e. The number of nitrogens with zero attached hydrogens (tertiary/aromatic N) is 1. The van der Waals surface area contributed by atoms with E-state index in [2.05, 4.69) is 5.32 Å². The van der Waals surface area contributed by atoms with Crippen molar-refractivity contribution in [3.8, 4) is 0 Å². The van der Waals surface area contributed by atoms with Crippen LogP contribution in [-0.2, 0) is 16.1 Å². The van der Waals surface area contributed by atoms with Gasteiger partial charge in [-0.1, -0.05) is 6.92 Å². The first kappa shape index (κ1) is 15.6. The molecule has 1 aromatic heterocycles. The Labute approximate surface area is 124 Å². The third-order valence-corrected chi connectivity index (χ3v) is 3.92. The summed E-state index contributed by atoms with van der Waals surface area (Å²) in [5.74, 6) is 0.117. The molecular formula is C15H22N2O4. The molecule has 0 radical (unpaired) electrons. The smallest absolute Gasteiger partial charge is 0.225 e. The van der Waals surface area contributed by atoms with Gasteiger partial charge in [0, 0.05) is 19.5 Å². The van der Waals surface area contributed by atoms with Gasteiger partial charge in [0.05, 0.1) is 24.3 Å². The van der Waals surface area contributed by atoms with Crippen LogP contribution in [0.5, 0.6) is 0 Å². The van der Waals surface area contributed by atoms with Crippen LogP contribution < -0.4 is 5.32 Å². The van der Waals surface area contributed by atoms with Crippen LogP contribution in [0.3, 0.4) is 0 Å². The summed E-state index contributed by atoms with van der Waals surface area (Å²) >= 11 is 0. The van der Waals surface area contributed by atoms with Gasteiger partial charge in [-0.2, -0.15) is 0 Å². The lowest BCUT2D eigenvalue weighted by Crippen LogP contribution is -2.42. The molecule has 2 amide bonds. The van der Waals surface area contributed by atoms with E-state index in [4.69, 9.17) is 4.42 Å². The Morgan fingerprint density at radius 3 is 3.00 bits per heavy atom. The fourth-order valence-corrected chi connectivity index (χ4v) is 2.24. The van der Waals surface area contributed by atoms with E-state index in [0.717, 1.165) is 0 Å². The van der Waals surface area contributed by atoms with Gasteiger partial charge in [-0.3, -0.25) is 9.59 Å². The molecule has 1 fully saturated rings. The van der Waals surface area contributed by atoms with E-state index in [1.165, 1.54) is 0 Å².